The van der Waals surface area contributed by atoms with Crippen molar-refractivity contribution >= 4 is 16.9 Å². The molecule has 1 N–H and O–H groups in total. The highest BCUT2D eigenvalue weighted by atomic mass is 16.6. The first-order chi connectivity index (χ1) is 14.2. The van der Waals surface area contributed by atoms with Gasteiger partial charge in [-0.1, -0.05) is 25.1 Å². The van der Waals surface area contributed by atoms with Crippen molar-refractivity contribution in [3.8, 4) is 22.6 Å². The number of anilines is 1. The van der Waals surface area contributed by atoms with Crippen LogP contribution in [-0.4, -0.2) is 29.2 Å². The lowest BCUT2D eigenvalue weighted by molar-refractivity contribution is 0.172. The molecule has 0 atom stereocenters. The largest absolute Gasteiger partial charge is 0.486 e. The Balaban J connectivity index is 1.46. The van der Waals surface area contributed by atoms with Crippen LogP contribution in [0.3, 0.4) is 0 Å². The lowest BCUT2D eigenvalue weighted by Gasteiger charge is -2.27. The monoisotopic (exact) mass is 389 g/mol. The van der Waals surface area contributed by atoms with E-state index < -0.39 is 0 Å². The van der Waals surface area contributed by atoms with E-state index in [1.165, 1.54) is 25.7 Å². The highest BCUT2D eigenvalue weighted by Crippen LogP contribution is 2.40. The van der Waals surface area contributed by atoms with Crippen LogP contribution in [0.25, 0.3) is 22.0 Å². The van der Waals surface area contributed by atoms with Gasteiger partial charge in [-0.25, -0.2) is 9.97 Å². The second kappa shape index (κ2) is 7.54. The van der Waals surface area contributed by atoms with E-state index in [1.54, 1.807) is 0 Å². The summed E-state index contributed by atoms with van der Waals surface area (Å²) in [6.07, 6.45) is 4.95. The molecule has 29 heavy (non-hydrogen) atoms. The zero-order valence-corrected chi connectivity index (χ0v) is 17.1. The summed E-state index contributed by atoms with van der Waals surface area (Å²) in [5.74, 6) is 3.21. The van der Waals surface area contributed by atoms with E-state index in [-0.39, 0.29) is 0 Å². The Labute approximate surface area is 171 Å². The first-order valence-electron chi connectivity index (χ1n) is 10.6. The van der Waals surface area contributed by atoms with E-state index >= 15 is 0 Å². The Morgan fingerprint density at radius 1 is 0.966 bits per heavy atom. The molecule has 0 bridgehead atoms. The van der Waals surface area contributed by atoms with Gasteiger partial charge in [0.05, 0.1) is 11.2 Å². The fraction of sp³-hybridized carbons (Fsp3) is 0.417. The molecule has 2 aliphatic rings. The van der Waals surface area contributed by atoms with Gasteiger partial charge in [0.25, 0.3) is 0 Å². The Kier molecular flexibility index (Phi) is 4.74. The van der Waals surface area contributed by atoms with Gasteiger partial charge in [-0.3, -0.25) is 0 Å². The van der Waals surface area contributed by atoms with Crippen molar-refractivity contribution in [3.05, 3.63) is 42.1 Å². The maximum absolute atomic E-state index is 5.90. The summed E-state index contributed by atoms with van der Waals surface area (Å²) in [5.41, 5.74) is 4.09. The molecule has 0 spiro atoms. The molecule has 5 rings (SSSR count). The number of hydrogen-bond donors (Lipinski definition) is 1. The van der Waals surface area contributed by atoms with Crippen LogP contribution in [-0.2, 0) is 0 Å². The van der Waals surface area contributed by atoms with Crippen LogP contribution in [0.1, 0.15) is 38.3 Å². The smallest absolute Gasteiger partial charge is 0.223 e. The quantitative estimate of drug-likeness (QED) is 0.653. The predicted octanol–water partition coefficient (Wildman–Crippen LogP) is 5.37. The van der Waals surface area contributed by atoms with Crippen LogP contribution in [0.2, 0.25) is 0 Å². The SMILES string of the molecule is Cc1nc(NC2CCC(C)CC2)nc2ccc(-c3cccc4c3OCCO4)cc12. The average Bonchev–Trinajstić information content (AvgIpc) is 2.75. The Hall–Kier alpha value is -2.82. The van der Waals surface area contributed by atoms with Gasteiger partial charge in [-0.15, -0.1) is 0 Å². The molecule has 1 aliphatic heterocycles. The average molecular weight is 389 g/mol. The Bertz CT molecular complexity index is 1040. The minimum Gasteiger partial charge on any atom is -0.486 e. The van der Waals surface area contributed by atoms with Crippen LogP contribution in [0.4, 0.5) is 5.95 Å². The number of para-hydroxylation sites is 1. The number of nitrogens with zero attached hydrogens (tertiary/aromatic N) is 2. The molecular formula is C24H27N3O2. The van der Waals surface area contributed by atoms with Crippen molar-refractivity contribution in [2.45, 2.75) is 45.6 Å². The van der Waals surface area contributed by atoms with E-state index in [9.17, 15) is 0 Å². The zero-order chi connectivity index (χ0) is 19.8. The topological polar surface area (TPSA) is 56.3 Å². The van der Waals surface area contributed by atoms with Crippen LogP contribution in [0.5, 0.6) is 11.5 Å². The lowest BCUT2D eigenvalue weighted by Crippen LogP contribution is -2.26. The van der Waals surface area contributed by atoms with Gasteiger partial charge < -0.3 is 14.8 Å². The summed E-state index contributed by atoms with van der Waals surface area (Å²) >= 11 is 0. The van der Waals surface area contributed by atoms with Gasteiger partial charge in [0, 0.05) is 17.0 Å². The minimum absolute atomic E-state index is 0.482. The molecule has 0 unspecified atom stereocenters. The zero-order valence-electron chi connectivity index (χ0n) is 17.1. The van der Waals surface area contributed by atoms with Crippen molar-refractivity contribution in [2.75, 3.05) is 18.5 Å². The molecule has 0 saturated heterocycles. The third-order valence-corrected chi connectivity index (χ3v) is 6.11. The van der Waals surface area contributed by atoms with E-state index in [0.29, 0.717) is 19.3 Å². The van der Waals surface area contributed by atoms with Gasteiger partial charge in [0.15, 0.2) is 11.5 Å². The van der Waals surface area contributed by atoms with Crippen molar-refractivity contribution in [1.29, 1.82) is 0 Å². The Morgan fingerprint density at radius 2 is 1.79 bits per heavy atom. The molecule has 1 saturated carbocycles. The molecule has 1 fully saturated rings. The standard InChI is InChI=1S/C24H27N3O2/c1-15-6-9-18(10-7-15)26-24-25-16(2)20-14-17(8-11-21(20)27-24)19-4-3-5-22-23(19)29-13-12-28-22/h3-5,8,11,14-15,18H,6-7,9-10,12-13H2,1-2H3,(H,25,26,27). The second-order valence-electron chi connectivity index (χ2n) is 8.30. The number of hydrogen-bond acceptors (Lipinski definition) is 5. The first-order valence-corrected chi connectivity index (χ1v) is 10.6. The van der Waals surface area contributed by atoms with Crippen molar-refractivity contribution in [2.24, 2.45) is 5.92 Å². The fourth-order valence-electron chi connectivity index (χ4n) is 4.40. The molecule has 150 valence electrons. The molecule has 1 aromatic heterocycles. The van der Waals surface area contributed by atoms with E-state index in [0.717, 1.165) is 51.1 Å². The molecule has 2 heterocycles. The summed E-state index contributed by atoms with van der Waals surface area (Å²) in [4.78, 5) is 9.55. The van der Waals surface area contributed by atoms with Crippen LogP contribution >= 0.6 is 0 Å². The van der Waals surface area contributed by atoms with Gasteiger partial charge in [-0.05, 0) is 62.3 Å². The number of rotatable bonds is 3. The molecule has 2 aromatic carbocycles. The molecule has 0 radical (unpaired) electrons. The third-order valence-electron chi connectivity index (χ3n) is 6.11. The number of fused-ring (bicyclic) bond motifs is 2. The first kappa shape index (κ1) is 18.2. The summed E-state index contributed by atoms with van der Waals surface area (Å²) in [7, 11) is 0. The van der Waals surface area contributed by atoms with E-state index in [4.69, 9.17) is 19.4 Å². The summed E-state index contributed by atoms with van der Waals surface area (Å²) in [6.45, 7) is 5.57. The normalized spacial score (nSPS) is 21.2. The molecule has 3 aromatic rings. The number of ether oxygens (including phenoxy) is 2. The lowest BCUT2D eigenvalue weighted by atomic mass is 9.87. The van der Waals surface area contributed by atoms with Crippen molar-refractivity contribution < 1.29 is 9.47 Å². The van der Waals surface area contributed by atoms with E-state index in [1.807, 2.05) is 12.1 Å². The second-order valence-corrected chi connectivity index (χ2v) is 8.30. The molecular weight excluding hydrogens is 362 g/mol. The summed E-state index contributed by atoms with van der Waals surface area (Å²) in [5, 5.41) is 4.63. The molecule has 5 heteroatoms. The van der Waals surface area contributed by atoms with Gasteiger partial charge >= 0.3 is 0 Å². The molecule has 5 nitrogen and oxygen atoms in total. The van der Waals surface area contributed by atoms with Crippen LogP contribution < -0.4 is 14.8 Å². The summed E-state index contributed by atoms with van der Waals surface area (Å²) in [6, 6.07) is 12.9. The predicted molar refractivity (Wildman–Crippen MR) is 116 cm³/mol. The van der Waals surface area contributed by atoms with Crippen LogP contribution in [0.15, 0.2) is 36.4 Å². The highest BCUT2D eigenvalue weighted by Gasteiger charge is 2.20. The number of benzene rings is 2. The Morgan fingerprint density at radius 3 is 2.66 bits per heavy atom. The molecule has 0 amide bonds. The highest BCUT2D eigenvalue weighted by molar-refractivity contribution is 5.88. The fourth-order valence-corrected chi connectivity index (χ4v) is 4.40. The third kappa shape index (κ3) is 3.61. The number of nitrogens with one attached hydrogen (secondary N) is 1. The van der Waals surface area contributed by atoms with Gasteiger partial charge in [-0.2, -0.15) is 0 Å². The minimum atomic E-state index is 0.482. The maximum atomic E-state index is 5.90. The van der Waals surface area contributed by atoms with E-state index in [2.05, 4.69) is 43.4 Å². The number of aromatic nitrogens is 2. The summed E-state index contributed by atoms with van der Waals surface area (Å²) < 4.78 is 11.6. The van der Waals surface area contributed by atoms with Crippen molar-refractivity contribution in [1.82, 2.24) is 9.97 Å². The number of aryl methyl sites for hydroxylation is 1. The van der Waals surface area contributed by atoms with Gasteiger partial charge in [0.2, 0.25) is 5.95 Å². The maximum Gasteiger partial charge on any atom is 0.223 e. The van der Waals surface area contributed by atoms with Crippen LogP contribution in [0, 0.1) is 12.8 Å². The van der Waals surface area contributed by atoms with Gasteiger partial charge in [0.1, 0.15) is 13.2 Å². The molecule has 1 aliphatic carbocycles. The van der Waals surface area contributed by atoms with Crippen molar-refractivity contribution in [3.63, 3.8) is 0 Å².